The number of ether oxygens (including phenoxy) is 2. The Balaban J connectivity index is 2.22. The molecule has 2 aromatic rings. The van der Waals surface area contributed by atoms with Gasteiger partial charge in [-0.05, 0) is 17.7 Å². The molecule has 170 valence electrons. The maximum Gasteiger partial charge on any atom is 0.294 e. The Bertz CT molecular complexity index is 1040. The molecule has 32 heavy (non-hydrogen) atoms. The average Bonchev–Trinajstić information content (AvgIpc) is 3.02. The number of aliphatic hydroxyl groups is 1. The Labute approximate surface area is 188 Å². The van der Waals surface area contributed by atoms with Crippen molar-refractivity contribution in [2.75, 3.05) is 38.1 Å². The van der Waals surface area contributed by atoms with Crippen molar-refractivity contribution in [3.8, 4) is 11.5 Å². The van der Waals surface area contributed by atoms with Crippen LogP contribution in [0, 0.1) is 5.41 Å². The number of carbonyl (C=O) groups excluding carboxylic acids is 2. The number of anilines is 2. The third kappa shape index (κ3) is 4.15. The average molecular weight is 439 g/mol. The Morgan fingerprint density at radius 2 is 1.53 bits per heavy atom. The number of rotatable bonds is 6. The number of ketones is 1. The molecule has 0 radical (unpaired) electrons. The molecule has 0 aromatic heterocycles. The minimum Gasteiger partial charge on any atom is -0.503 e. The quantitative estimate of drug-likeness (QED) is 0.725. The lowest BCUT2D eigenvalue weighted by atomic mass is 9.82. The number of amides is 1. The SMILES string of the molecule is COc1cc(OC)cc(N2C(=O)C(O)=C(C(=O)C(C)(C)C)C2c2ccc(N(C)C)cc2)c1. The van der Waals surface area contributed by atoms with Gasteiger partial charge >= 0.3 is 0 Å². The summed E-state index contributed by atoms with van der Waals surface area (Å²) in [4.78, 5) is 30.0. The molecule has 0 saturated heterocycles. The monoisotopic (exact) mass is 438 g/mol. The molecule has 3 rings (SSSR count). The van der Waals surface area contributed by atoms with Gasteiger partial charge in [-0.3, -0.25) is 14.5 Å². The summed E-state index contributed by atoms with van der Waals surface area (Å²) in [6, 6.07) is 11.8. The molecule has 1 N–H and O–H groups in total. The van der Waals surface area contributed by atoms with Crippen LogP contribution in [0.5, 0.6) is 11.5 Å². The van der Waals surface area contributed by atoms with Crippen LogP contribution in [-0.4, -0.2) is 45.1 Å². The Hall–Kier alpha value is -3.48. The van der Waals surface area contributed by atoms with Crippen molar-refractivity contribution in [1.82, 2.24) is 0 Å². The fraction of sp³-hybridized carbons (Fsp3) is 0.360. The lowest BCUT2D eigenvalue weighted by Crippen LogP contribution is -2.32. The van der Waals surface area contributed by atoms with Gasteiger partial charge in [-0.1, -0.05) is 32.9 Å². The largest absolute Gasteiger partial charge is 0.503 e. The highest BCUT2D eigenvalue weighted by molar-refractivity contribution is 6.17. The second-order valence-corrected chi connectivity index (χ2v) is 8.98. The first-order chi connectivity index (χ1) is 15.0. The summed E-state index contributed by atoms with van der Waals surface area (Å²) in [7, 11) is 6.91. The van der Waals surface area contributed by atoms with Crippen LogP contribution in [0.4, 0.5) is 11.4 Å². The molecule has 0 saturated carbocycles. The molecule has 0 fully saturated rings. The fourth-order valence-electron chi connectivity index (χ4n) is 3.71. The molecule has 1 atom stereocenters. The van der Waals surface area contributed by atoms with Crippen molar-refractivity contribution in [2.45, 2.75) is 26.8 Å². The number of benzene rings is 2. The third-order valence-corrected chi connectivity index (χ3v) is 5.47. The van der Waals surface area contributed by atoms with E-state index in [2.05, 4.69) is 0 Å². The van der Waals surface area contributed by atoms with Gasteiger partial charge in [0.1, 0.15) is 11.5 Å². The molecule has 1 unspecified atom stereocenters. The molecule has 7 nitrogen and oxygen atoms in total. The number of Topliss-reactive ketones (excluding diaryl/α,β-unsaturated/α-hetero) is 1. The van der Waals surface area contributed by atoms with Gasteiger partial charge in [-0.25, -0.2) is 0 Å². The summed E-state index contributed by atoms with van der Waals surface area (Å²) < 4.78 is 10.7. The van der Waals surface area contributed by atoms with Crippen molar-refractivity contribution in [2.24, 2.45) is 5.41 Å². The molecule has 1 aliphatic heterocycles. The van der Waals surface area contributed by atoms with E-state index in [1.165, 1.54) is 19.1 Å². The van der Waals surface area contributed by atoms with Gasteiger partial charge < -0.3 is 19.5 Å². The summed E-state index contributed by atoms with van der Waals surface area (Å²) in [5.41, 5.74) is 1.44. The molecular weight excluding hydrogens is 408 g/mol. The molecule has 1 aliphatic rings. The van der Waals surface area contributed by atoms with Crippen molar-refractivity contribution >= 4 is 23.1 Å². The van der Waals surface area contributed by atoms with Crippen LogP contribution < -0.4 is 19.3 Å². The first kappa shape index (κ1) is 23.2. The standard InChI is InChI=1S/C25H30N2O5/c1-25(2,3)23(29)20-21(15-8-10-16(11-9-15)26(4)5)27(24(30)22(20)28)17-12-18(31-6)14-19(13-17)32-7/h8-14,21,28H,1-7H3. The van der Waals surface area contributed by atoms with Gasteiger partial charge in [0.05, 0.1) is 31.5 Å². The Morgan fingerprint density at radius 1 is 1.00 bits per heavy atom. The van der Waals surface area contributed by atoms with Gasteiger partial charge in [0, 0.05) is 43.4 Å². The second-order valence-electron chi connectivity index (χ2n) is 8.98. The fourth-order valence-corrected chi connectivity index (χ4v) is 3.71. The molecule has 1 amide bonds. The number of methoxy groups -OCH3 is 2. The lowest BCUT2D eigenvalue weighted by molar-refractivity contribution is -0.123. The van der Waals surface area contributed by atoms with E-state index in [4.69, 9.17) is 9.47 Å². The zero-order chi connectivity index (χ0) is 23.8. The summed E-state index contributed by atoms with van der Waals surface area (Å²) >= 11 is 0. The van der Waals surface area contributed by atoms with Gasteiger partial charge in [0.2, 0.25) is 0 Å². The van der Waals surface area contributed by atoms with E-state index in [-0.39, 0.29) is 11.4 Å². The van der Waals surface area contributed by atoms with Crippen LogP contribution in [0.15, 0.2) is 53.8 Å². The normalized spacial score (nSPS) is 16.4. The highest BCUT2D eigenvalue weighted by atomic mass is 16.5. The van der Waals surface area contributed by atoms with E-state index >= 15 is 0 Å². The number of hydrogen-bond donors (Lipinski definition) is 1. The molecule has 0 bridgehead atoms. The summed E-state index contributed by atoms with van der Waals surface area (Å²) in [5, 5.41) is 10.8. The molecular formula is C25H30N2O5. The van der Waals surface area contributed by atoms with Gasteiger partial charge in [0.25, 0.3) is 5.91 Å². The van der Waals surface area contributed by atoms with E-state index < -0.39 is 23.1 Å². The minimum atomic E-state index is -0.790. The zero-order valence-electron chi connectivity index (χ0n) is 19.6. The third-order valence-electron chi connectivity index (χ3n) is 5.47. The van der Waals surface area contributed by atoms with E-state index in [0.717, 1.165) is 5.69 Å². The van der Waals surface area contributed by atoms with Crippen molar-refractivity contribution in [3.63, 3.8) is 0 Å². The van der Waals surface area contributed by atoms with Crippen molar-refractivity contribution in [1.29, 1.82) is 0 Å². The van der Waals surface area contributed by atoms with E-state index in [9.17, 15) is 14.7 Å². The maximum atomic E-state index is 13.4. The molecule has 2 aromatic carbocycles. The van der Waals surface area contributed by atoms with E-state index in [0.29, 0.717) is 22.7 Å². The minimum absolute atomic E-state index is 0.0851. The van der Waals surface area contributed by atoms with Crippen molar-refractivity contribution in [3.05, 3.63) is 59.4 Å². The molecule has 0 aliphatic carbocycles. The number of nitrogens with zero attached hydrogens (tertiary/aromatic N) is 2. The van der Waals surface area contributed by atoms with Gasteiger partial charge in [-0.2, -0.15) is 0 Å². The van der Waals surface area contributed by atoms with Crippen LogP contribution in [0.1, 0.15) is 32.4 Å². The van der Waals surface area contributed by atoms with Crippen LogP contribution in [-0.2, 0) is 9.59 Å². The molecule has 7 heteroatoms. The summed E-state index contributed by atoms with van der Waals surface area (Å²) in [6.07, 6.45) is 0. The van der Waals surface area contributed by atoms with Gasteiger partial charge in [0.15, 0.2) is 11.5 Å². The van der Waals surface area contributed by atoms with Crippen LogP contribution >= 0.6 is 0 Å². The summed E-state index contributed by atoms with van der Waals surface area (Å²) in [5.74, 6) is -0.488. The maximum absolute atomic E-state index is 13.4. The Morgan fingerprint density at radius 3 is 1.97 bits per heavy atom. The van der Waals surface area contributed by atoms with Gasteiger partial charge in [-0.15, -0.1) is 0 Å². The van der Waals surface area contributed by atoms with Crippen LogP contribution in [0.2, 0.25) is 0 Å². The van der Waals surface area contributed by atoms with Crippen LogP contribution in [0.3, 0.4) is 0 Å². The predicted octanol–water partition coefficient (Wildman–Crippen LogP) is 4.29. The number of hydrogen-bond acceptors (Lipinski definition) is 6. The van der Waals surface area contributed by atoms with Crippen molar-refractivity contribution < 1.29 is 24.2 Å². The first-order valence-electron chi connectivity index (χ1n) is 10.3. The van der Waals surface area contributed by atoms with Crippen LogP contribution in [0.25, 0.3) is 0 Å². The first-order valence-corrected chi connectivity index (χ1v) is 10.3. The molecule has 0 spiro atoms. The summed E-state index contributed by atoms with van der Waals surface area (Å²) in [6.45, 7) is 5.30. The Kier molecular flexibility index (Phi) is 6.21. The second kappa shape index (κ2) is 8.57. The number of carbonyl (C=O) groups is 2. The smallest absolute Gasteiger partial charge is 0.294 e. The lowest BCUT2D eigenvalue weighted by Gasteiger charge is -2.29. The highest BCUT2D eigenvalue weighted by Crippen LogP contribution is 2.45. The van der Waals surface area contributed by atoms with E-state index in [1.54, 1.807) is 39.0 Å². The highest BCUT2D eigenvalue weighted by Gasteiger charge is 2.46. The van der Waals surface area contributed by atoms with E-state index in [1.807, 2.05) is 43.3 Å². The zero-order valence-corrected chi connectivity index (χ0v) is 19.6. The molecule has 1 heterocycles. The topological polar surface area (TPSA) is 79.3 Å². The predicted molar refractivity (Wildman–Crippen MR) is 125 cm³/mol. The number of aliphatic hydroxyl groups excluding tert-OH is 1.